The highest BCUT2D eigenvalue weighted by atomic mass is 32.2. The number of hydrogen-bond donors (Lipinski definition) is 0. The number of sulfone groups is 1. The van der Waals surface area contributed by atoms with Crippen molar-refractivity contribution in [3.8, 4) is 5.75 Å². The maximum Gasteiger partial charge on any atom is 0.242 e. The standard InChI is InChI=1S/C22H26N2O4S/c1-4-22(25)24-21(18-10-12-19(28-3)13-11-18)14-20(23-24)17-8-6-16(7-9-17)15-29(26,27)5-2/h6-13,21H,4-5,14-15H2,1-3H3. The Morgan fingerprint density at radius 3 is 2.31 bits per heavy atom. The van der Waals surface area contributed by atoms with Gasteiger partial charge in [0.05, 0.1) is 24.6 Å². The molecule has 0 saturated heterocycles. The summed E-state index contributed by atoms with van der Waals surface area (Å²) in [7, 11) is -1.45. The van der Waals surface area contributed by atoms with Crippen LogP contribution in [0.25, 0.3) is 0 Å². The van der Waals surface area contributed by atoms with Gasteiger partial charge in [-0.2, -0.15) is 5.10 Å². The number of nitrogens with zero attached hydrogens (tertiary/aromatic N) is 2. The fourth-order valence-electron chi connectivity index (χ4n) is 3.31. The summed E-state index contributed by atoms with van der Waals surface area (Å²) in [5, 5.41) is 6.16. The lowest BCUT2D eigenvalue weighted by Crippen LogP contribution is -2.26. The van der Waals surface area contributed by atoms with E-state index in [1.165, 1.54) is 0 Å². The zero-order chi connectivity index (χ0) is 21.0. The summed E-state index contributed by atoms with van der Waals surface area (Å²) in [5.74, 6) is 0.884. The minimum absolute atomic E-state index is 0.0329. The van der Waals surface area contributed by atoms with Crippen molar-refractivity contribution >= 4 is 21.5 Å². The van der Waals surface area contributed by atoms with Crippen LogP contribution in [-0.4, -0.2) is 37.9 Å². The van der Waals surface area contributed by atoms with E-state index in [1.54, 1.807) is 19.0 Å². The molecule has 3 rings (SSSR count). The maximum absolute atomic E-state index is 12.5. The first kappa shape index (κ1) is 21.0. The molecule has 1 aliphatic heterocycles. The first-order valence-corrected chi connectivity index (χ1v) is 11.5. The monoisotopic (exact) mass is 414 g/mol. The summed E-state index contributed by atoms with van der Waals surface area (Å²) >= 11 is 0. The number of hydrazone groups is 1. The third-order valence-electron chi connectivity index (χ3n) is 5.08. The number of hydrogen-bond acceptors (Lipinski definition) is 5. The Balaban J connectivity index is 1.84. The van der Waals surface area contributed by atoms with Crippen molar-refractivity contribution in [2.24, 2.45) is 5.10 Å². The SMILES string of the molecule is CCC(=O)N1N=C(c2ccc(CS(=O)(=O)CC)cc2)CC1c1ccc(OC)cc1. The molecule has 1 atom stereocenters. The molecular formula is C22H26N2O4S. The first-order chi connectivity index (χ1) is 13.9. The zero-order valence-electron chi connectivity index (χ0n) is 17.0. The Morgan fingerprint density at radius 1 is 1.10 bits per heavy atom. The Bertz CT molecular complexity index is 996. The minimum Gasteiger partial charge on any atom is -0.497 e. The summed E-state index contributed by atoms with van der Waals surface area (Å²) < 4.78 is 28.9. The molecule has 2 aromatic carbocycles. The van der Waals surface area contributed by atoms with Gasteiger partial charge in [0.15, 0.2) is 9.84 Å². The van der Waals surface area contributed by atoms with Gasteiger partial charge in [-0.1, -0.05) is 50.2 Å². The average Bonchev–Trinajstić information content (AvgIpc) is 3.19. The quantitative estimate of drug-likeness (QED) is 0.692. The van der Waals surface area contributed by atoms with E-state index >= 15 is 0 Å². The lowest BCUT2D eigenvalue weighted by atomic mass is 9.98. The van der Waals surface area contributed by atoms with Crippen LogP contribution in [0.15, 0.2) is 53.6 Å². The molecule has 1 aliphatic rings. The molecule has 2 aromatic rings. The number of amides is 1. The van der Waals surface area contributed by atoms with Crippen LogP contribution in [0.2, 0.25) is 0 Å². The van der Waals surface area contributed by atoms with Crippen molar-refractivity contribution in [2.75, 3.05) is 12.9 Å². The second kappa shape index (κ2) is 8.78. The van der Waals surface area contributed by atoms with E-state index in [9.17, 15) is 13.2 Å². The predicted molar refractivity (Wildman–Crippen MR) is 114 cm³/mol. The fraction of sp³-hybridized carbons (Fsp3) is 0.364. The Kier molecular flexibility index (Phi) is 6.37. The molecule has 6 nitrogen and oxygen atoms in total. The van der Waals surface area contributed by atoms with E-state index in [1.807, 2.05) is 55.5 Å². The first-order valence-electron chi connectivity index (χ1n) is 9.70. The molecule has 7 heteroatoms. The van der Waals surface area contributed by atoms with E-state index in [4.69, 9.17) is 4.74 Å². The number of carbonyl (C=O) groups excluding carboxylic acids is 1. The third-order valence-corrected chi connectivity index (χ3v) is 6.74. The molecule has 0 N–H and O–H groups in total. The molecule has 0 saturated carbocycles. The largest absolute Gasteiger partial charge is 0.497 e. The van der Waals surface area contributed by atoms with Gasteiger partial charge in [0, 0.05) is 18.6 Å². The molecule has 1 amide bonds. The molecule has 0 fully saturated rings. The lowest BCUT2D eigenvalue weighted by molar-refractivity contribution is -0.132. The number of ether oxygens (including phenoxy) is 1. The predicted octanol–water partition coefficient (Wildman–Crippen LogP) is 3.72. The summed E-state index contributed by atoms with van der Waals surface area (Å²) in [4.78, 5) is 12.5. The summed E-state index contributed by atoms with van der Waals surface area (Å²) in [6.07, 6.45) is 0.974. The van der Waals surface area contributed by atoms with Crippen LogP contribution in [0, 0.1) is 0 Å². The molecule has 0 radical (unpaired) electrons. The minimum atomic E-state index is -3.07. The van der Waals surface area contributed by atoms with Crippen LogP contribution in [0.1, 0.15) is 49.4 Å². The van der Waals surface area contributed by atoms with Gasteiger partial charge in [-0.05, 0) is 28.8 Å². The van der Waals surface area contributed by atoms with Crippen molar-refractivity contribution in [3.63, 3.8) is 0 Å². The average molecular weight is 415 g/mol. The second-order valence-corrected chi connectivity index (χ2v) is 9.36. The lowest BCUT2D eigenvalue weighted by Gasteiger charge is -2.21. The van der Waals surface area contributed by atoms with Crippen LogP contribution >= 0.6 is 0 Å². The van der Waals surface area contributed by atoms with Gasteiger partial charge >= 0.3 is 0 Å². The van der Waals surface area contributed by atoms with E-state index in [2.05, 4.69) is 5.10 Å². The van der Waals surface area contributed by atoms with Crippen LogP contribution in [0.4, 0.5) is 0 Å². The molecule has 1 heterocycles. The van der Waals surface area contributed by atoms with Crippen LogP contribution in [-0.2, 0) is 20.4 Å². The highest BCUT2D eigenvalue weighted by Crippen LogP contribution is 2.34. The number of carbonyl (C=O) groups is 1. The molecule has 0 spiro atoms. The molecule has 154 valence electrons. The summed E-state index contributed by atoms with van der Waals surface area (Å²) in [6, 6.07) is 14.9. The highest BCUT2D eigenvalue weighted by Gasteiger charge is 2.32. The fourth-order valence-corrected chi connectivity index (χ4v) is 4.22. The number of methoxy groups -OCH3 is 1. The van der Waals surface area contributed by atoms with Crippen molar-refractivity contribution < 1.29 is 17.9 Å². The Morgan fingerprint density at radius 2 is 1.76 bits per heavy atom. The van der Waals surface area contributed by atoms with E-state index in [0.29, 0.717) is 12.8 Å². The molecule has 0 aromatic heterocycles. The van der Waals surface area contributed by atoms with Gasteiger partial charge in [-0.3, -0.25) is 4.79 Å². The van der Waals surface area contributed by atoms with Crippen molar-refractivity contribution in [1.29, 1.82) is 0 Å². The van der Waals surface area contributed by atoms with E-state index in [-0.39, 0.29) is 23.5 Å². The van der Waals surface area contributed by atoms with Gasteiger partial charge in [0.25, 0.3) is 0 Å². The Hall–Kier alpha value is -2.67. The zero-order valence-corrected chi connectivity index (χ0v) is 17.8. The van der Waals surface area contributed by atoms with Gasteiger partial charge < -0.3 is 4.74 Å². The van der Waals surface area contributed by atoms with Gasteiger partial charge in [0.1, 0.15) is 5.75 Å². The highest BCUT2D eigenvalue weighted by molar-refractivity contribution is 7.90. The Labute approximate surface area is 172 Å². The van der Waals surface area contributed by atoms with Crippen LogP contribution < -0.4 is 4.74 Å². The second-order valence-electron chi connectivity index (χ2n) is 7.01. The molecule has 29 heavy (non-hydrogen) atoms. The number of benzene rings is 2. The summed E-state index contributed by atoms with van der Waals surface area (Å²) in [6.45, 7) is 3.47. The van der Waals surface area contributed by atoms with Gasteiger partial charge in [-0.15, -0.1) is 0 Å². The molecular weight excluding hydrogens is 388 g/mol. The van der Waals surface area contributed by atoms with Crippen molar-refractivity contribution in [3.05, 3.63) is 65.2 Å². The van der Waals surface area contributed by atoms with E-state index in [0.717, 1.165) is 28.2 Å². The third kappa shape index (κ3) is 4.85. The normalized spacial score (nSPS) is 16.6. The topological polar surface area (TPSA) is 76.0 Å². The van der Waals surface area contributed by atoms with Crippen LogP contribution in [0.5, 0.6) is 5.75 Å². The van der Waals surface area contributed by atoms with Gasteiger partial charge in [0.2, 0.25) is 5.91 Å². The number of rotatable bonds is 7. The maximum atomic E-state index is 12.5. The molecule has 0 bridgehead atoms. The van der Waals surface area contributed by atoms with Crippen molar-refractivity contribution in [2.45, 2.75) is 38.5 Å². The smallest absolute Gasteiger partial charge is 0.242 e. The van der Waals surface area contributed by atoms with Gasteiger partial charge in [-0.25, -0.2) is 13.4 Å². The van der Waals surface area contributed by atoms with Crippen LogP contribution in [0.3, 0.4) is 0 Å². The van der Waals surface area contributed by atoms with Crippen molar-refractivity contribution in [1.82, 2.24) is 5.01 Å². The summed E-state index contributed by atoms with van der Waals surface area (Å²) in [5.41, 5.74) is 3.46. The molecule has 1 unspecified atom stereocenters. The molecule has 0 aliphatic carbocycles. The van der Waals surface area contributed by atoms with E-state index < -0.39 is 9.84 Å².